The summed E-state index contributed by atoms with van der Waals surface area (Å²) in [6.07, 6.45) is 3.04. The number of para-hydroxylation sites is 1. The van der Waals surface area contributed by atoms with Gasteiger partial charge in [-0.2, -0.15) is 0 Å². The van der Waals surface area contributed by atoms with Crippen LogP contribution in [0.5, 0.6) is 5.75 Å². The van der Waals surface area contributed by atoms with Crippen molar-refractivity contribution >= 4 is 0 Å². The fourth-order valence-corrected chi connectivity index (χ4v) is 3.32. The average molecular weight is 311 g/mol. The van der Waals surface area contributed by atoms with Crippen LogP contribution < -0.4 is 10.1 Å². The zero-order chi connectivity index (χ0) is 16.1. The summed E-state index contributed by atoms with van der Waals surface area (Å²) in [4.78, 5) is 7.24. The van der Waals surface area contributed by atoms with E-state index in [0.29, 0.717) is 0 Å². The predicted octanol–water partition coefficient (Wildman–Crippen LogP) is 2.78. The van der Waals surface area contributed by atoms with Gasteiger partial charge in [0.2, 0.25) is 0 Å². The Labute approximate surface area is 138 Å². The molecule has 0 bridgehead atoms. The van der Waals surface area contributed by atoms with E-state index in [1.807, 2.05) is 24.4 Å². The summed E-state index contributed by atoms with van der Waals surface area (Å²) in [5.41, 5.74) is 3.54. The lowest BCUT2D eigenvalue weighted by atomic mass is 9.97. The lowest BCUT2D eigenvalue weighted by Crippen LogP contribution is -2.34. The van der Waals surface area contributed by atoms with Gasteiger partial charge in [0.1, 0.15) is 5.75 Å². The van der Waals surface area contributed by atoms with E-state index in [2.05, 4.69) is 35.3 Å². The third-order valence-electron chi connectivity index (χ3n) is 4.48. The second-order valence-corrected chi connectivity index (χ2v) is 5.99. The fraction of sp³-hybridized carbons (Fsp3) is 0.421. The van der Waals surface area contributed by atoms with Crippen LogP contribution in [0.1, 0.15) is 29.3 Å². The molecule has 0 radical (unpaired) electrons. The summed E-state index contributed by atoms with van der Waals surface area (Å²) in [6.45, 7) is 6.30. The molecular weight excluding hydrogens is 286 g/mol. The smallest absolute Gasteiger partial charge is 0.124 e. The van der Waals surface area contributed by atoms with Crippen molar-refractivity contribution in [2.24, 2.45) is 0 Å². The topological polar surface area (TPSA) is 37.4 Å². The number of nitrogens with one attached hydrogen (secondary N) is 1. The number of nitrogens with zero attached hydrogens (tertiary/aromatic N) is 2. The van der Waals surface area contributed by atoms with Crippen LogP contribution in [0.2, 0.25) is 0 Å². The van der Waals surface area contributed by atoms with Crippen molar-refractivity contribution in [1.82, 2.24) is 15.2 Å². The number of methoxy groups -OCH3 is 1. The Hall–Kier alpha value is -1.91. The summed E-state index contributed by atoms with van der Waals surface area (Å²) in [5.74, 6) is 0.930. The van der Waals surface area contributed by atoms with E-state index in [4.69, 9.17) is 9.72 Å². The van der Waals surface area contributed by atoms with Gasteiger partial charge in [-0.3, -0.25) is 9.88 Å². The normalized spacial score (nSPS) is 17.5. The zero-order valence-corrected chi connectivity index (χ0v) is 14.0. The summed E-state index contributed by atoms with van der Waals surface area (Å²) in [6, 6.07) is 12.6. The van der Waals surface area contributed by atoms with Crippen molar-refractivity contribution in [3.63, 3.8) is 0 Å². The number of pyridine rings is 1. The Morgan fingerprint density at radius 2 is 2.00 bits per heavy atom. The van der Waals surface area contributed by atoms with Crippen molar-refractivity contribution in [2.75, 3.05) is 33.3 Å². The van der Waals surface area contributed by atoms with Gasteiger partial charge >= 0.3 is 0 Å². The molecule has 1 unspecified atom stereocenters. The minimum Gasteiger partial charge on any atom is -0.496 e. The van der Waals surface area contributed by atoms with Crippen LogP contribution in [0.3, 0.4) is 0 Å². The molecule has 1 fully saturated rings. The summed E-state index contributed by atoms with van der Waals surface area (Å²) in [7, 11) is 1.74. The monoisotopic (exact) mass is 311 g/mol. The van der Waals surface area contributed by atoms with Gasteiger partial charge in [0.25, 0.3) is 0 Å². The Morgan fingerprint density at radius 1 is 1.13 bits per heavy atom. The maximum absolute atomic E-state index is 5.64. The average Bonchev–Trinajstić information content (AvgIpc) is 2.87. The molecule has 122 valence electrons. The van der Waals surface area contributed by atoms with Crippen LogP contribution in [-0.2, 0) is 0 Å². The standard InChI is InChI=1S/C19H25N3O/c1-15-7-5-11-21-18(15)19(22-13-6-10-20-12-14-22)16-8-3-4-9-17(16)23-2/h3-5,7-9,11,19-20H,6,10,12-14H2,1-2H3. The highest BCUT2D eigenvalue weighted by Crippen LogP contribution is 2.35. The van der Waals surface area contributed by atoms with Crippen molar-refractivity contribution < 1.29 is 4.74 Å². The first-order valence-electron chi connectivity index (χ1n) is 8.30. The number of hydrogen-bond donors (Lipinski definition) is 1. The molecule has 1 N–H and O–H groups in total. The molecule has 23 heavy (non-hydrogen) atoms. The fourth-order valence-electron chi connectivity index (χ4n) is 3.32. The molecule has 0 aliphatic carbocycles. The zero-order valence-electron chi connectivity index (χ0n) is 14.0. The number of aromatic nitrogens is 1. The number of benzene rings is 1. The molecule has 1 aliphatic rings. The molecule has 4 nitrogen and oxygen atoms in total. The molecule has 0 saturated carbocycles. The van der Waals surface area contributed by atoms with E-state index < -0.39 is 0 Å². The van der Waals surface area contributed by atoms with E-state index in [1.54, 1.807) is 7.11 Å². The maximum atomic E-state index is 5.64. The van der Waals surface area contributed by atoms with E-state index in [0.717, 1.165) is 44.0 Å². The van der Waals surface area contributed by atoms with Crippen molar-refractivity contribution in [3.8, 4) is 5.75 Å². The van der Waals surface area contributed by atoms with Gasteiger partial charge in [-0.1, -0.05) is 24.3 Å². The Bertz CT molecular complexity index is 636. The second-order valence-electron chi connectivity index (χ2n) is 5.99. The van der Waals surface area contributed by atoms with E-state index in [-0.39, 0.29) is 6.04 Å². The molecule has 1 aliphatic heterocycles. The molecule has 1 aromatic carbocycles. The SMILES string of the molecule is COc1ccccc1C(c1ncccc1C)N1CCCNCC1. The lowest BCUT2D eigenvalue weighted by Gasteiger charge is -2.32. The second kappa shape index (κ2) is 7.57. The first-order valence-corrected chi connectivity index (χ1v) is 8.30. The summed E-state index contributed by atoms with van der Waals surface area (Å²) in [5, 5.41) is 3.48. The minimum atomic E-state index is 0.132. The Balaban J connectivity index is 2.07. The van der Waals surface area contributed by atoms with E-state index in [9.17, 15) is 0 Å². The van der Waals surface area contributed by atoms with Crippen LogP contribution in [0, 0.1) is 6.92 Å². The van der Waals surface area contributed by atoms with Crippen LogP contribution in [0.25, 0.3) is 0 Å². The van der Waals surface area contributed by atoms with Gasteiger partial charge in [0.05, 0.1) is 18.8 Å². The van der Waals surface area contributed by atoms with Crippen LogP contribution >= 0.6 is 0 Å². The number of aryl methyl sites for hydroxylation is 1. The molecule has 3 rings (SSSR count). The molecule has 2 aromatic rings. The van der Waals surface area contributed by atoms with Crippen LogP contribution in [0.4, 0.5) is 0 Å². The van der Waals surface area contributed by atoms with Crippen LogP contribution in [0.15, 0.2) is 42.6 Å². The first kappa shape index (κ1) is 16.0. The maximum Gasteiger partial charge on any atom is 0.124 e. The molecule has 0 amide bonds. The van der Waals surface area contributed by atoms with E-state index >= 15 is 0 Å². The number of rotatable bonds is 4. The van der Waals surface area contributed by atoms with Gasteiger partial charge in [-0.15, -0.1) is 0 Å². The molecule has 4 heteroatoms. The first-order chi connectivity index (χ1) is 11.3. The summed E-state index contributed by atoms with van der Waals surface area (Å²) >= 11 is 0. The lowest BCUT2D eigenvalue weighted by molar-refractivity contribution is 0.232. The third kappa shape index (κ3) is 3.54. The predicted molar refractivity (Wildman–Crippen MR) is 92.9 cm³/mol. The van der Waals surface area contributed by atoms with Gasteiger partial charge in [0, 0.05) is 31.4 Å². The Morgan fingerprint density at radius 3 is 2.83 bits per heavy atom. The van der Waals surface area contributed by atoms with Gasteiger partial charge < -0.3 is 10.1 Å². The van der Waals surface area contributed by atoms with Crippen LogP contribution in [-0.4, -0.2) is 43.2 Å². The minimum absolute atomic E-state index is 0.132. The molecule has 1 aromatic heterocycles. The summed E-state index contributed by atoms with van der Waals surface area (Å²) < 4.78 is 5.64. The van der Waals surface area contributed by atoms with Crippen molar-refractivity contribution in [1.29, 1.82) is 0 Å². The molecule has 1 saturated heterocycles. The van der Waals surface area contributed by atoms with Gasteiger partial charge in [0.15, 0.2) is 0 Å². The van der Waals surface area contributed by atoms with Crippen molar-refractivity contribution in [3.05, 3.63) is 59.4 Å². The van der Waals surface area contributed by atoms with Gasteiger partial charge in [-0.05, 0) is 37.6 Å². The molecule has 2 heterocycles. The molecule has 0 spiro atoms. The quantitative estimate of drug-likeness (QED) is 0.942. The highest BCUT2D eigenvalue weighted by Gasteiger charge is 2.27. The highest BCUT2D eigenvalue weighted by atomic mass is 16.5. The Kier molecular flexibility index (Phi) is 5.26. The molecular formula is C19H25N3O. The van der Waals surface area contributed by atoms with Gasteiger partial charge in [-0.25, -0.2) is 0 Å². The number of hydrogen-bond acceptors (Lipinski definition) is 4. The largest absolute Gasteiger partial charge is 0.496 e. The molecule has 1 atom stereocenters. The van der Waals surface area contributed by atoms with E-state index in [1.165, 1.54) is 11.1 Å². The number of ether oxygens (including phenoxy) is 1. The highest BCUT2D eigenvalue weighted by molar-refractivity contribution is 5.41. The third-order valence-corrected chi connectivity index (χ3v) is 4.48. The van der Waals surface area contributed by atoms with Crippen molar-refractivity contribution in [2.45, 2.75) is 19.4 Å².